The van der Waals surface area contributed by atoms with Crippen LogP contribution < -0.4 is 27.5 Å². The van der Waals surface area contributed by atoms with Crippen LogP contribution >= 0.6 is 11.6 Å². The molecule has 33 heavy (non-hydrogen) atoms. The fourth-order valence-electron chi connectivity index (χ4n) is 2.64. The lowest BCUT2D eigenvalue weighted by molar-refractivity contribution is -0.384. The molecule has 0 aliphatic heterocycles. The third kappa shape index (κ3) is 7.08. The number of guanidine groups is 1. The third-order valence-electron chi connectivity index (χ3n) is 4.24. The second-order valence-corrected chi connectivity index (χ2v) is 8.73. The molecule has 0 radical (unpaired) electrons. The Kier molecular flexibility index (Phi) is 8.20. The number of anilines is 1. The molecular weight excluding hydrogens is 482 g/mol. The first kappa shape index (κ1) is 25.4. The van der Waals surface area contributed by atoms with Gasteiger partial charge in [-0.25, -0.2) is 8.42 Å². The molecule has 0 bridgehead atoms. The first-order chi connectivity index (χ1) is 15.4. The Morgan fingerprint density at radius 3 is 2.55 bits per heavy atom. The summed E-state index contributed by atoms with van der Waals surface area (Å²) in [5.74, 6) is -1.67. The Balaban J connectivity index is 2.17. The number of primary amides is 1. The van der Waals surface area contributed by atoms with Crippen molar-refractivity contribution in [2.24, 2.45) is 28.3 Å². The summed E-state index contributed by atoms with van der Waals surface area (Å²) in [6, 6.07) is 5.46. The van der Waals surface area contributed by atoms with Crippen LogP contribution in [-0.2, 0) is 26.1 Å². The van der Waals surface area contributed by atoms with Gasteiger partial charge >= 0.3 is 0 Å². The number of sulfonamides is 1. The molecule has 2 rings (SSSR count). The van der Waals surface area contributed by atoms with Crippen LogP contribution in [0.25, 0.3) is 0 Å². The molecule has 178 valence electrons. The maximum absolute atomic E-state index is 12.6. The fourth-order valence-corrected chi connectivity index (χ4v) is 3.91. The second-order valence-electron chi connectivity index (χ2n) is 6.64. The number of rotatable bonds is 11. The summed E-state index contributed by atoms with van der Waals surface area (Å²) >= 11 is 5.69. The summed E-state index contributed by atoms with van der Waals surface area (Å²) in [5, 5.41) is 14.1. The van der Waals surface area contributed by atoms with Crippen molar-refractivity contribution in [1.29, 1.82) is 0 Å². The zero-order chi connectivity index (χ0) is 24.8. The summed E-state index contributed by atoms with van der Waals surface area (Å²) in [4.78, 5) is 41.0. The van der Waals surface area contributed by atoms with Crippen molar-refractivity contribution in [3.63, 3.8) is 0 Å². The highest BCUT2D eigenvalue weighted by atomic mass is 35.5. The minimum atomic E-state index is -4.34. The van der Waals surface area contributed by atoms with E-state index in [0.29, 0.717) is 5.69 Å². The molecule has 1 aromatic heterocycles. The molecule has 1 atom stereocenters. The van der Waals surface area contributed by atoms with Gasteiger partial charge in [-0.05, 0) is 42.3 Å². The molecule has 8 N–H and O–H groups in total. The van der Waals surface area contributed by atoms with Crippen LogP contribution in [0.4, 0.5) is 11.4 Å². The number of carbonyl (C=O) groups is 1. The van der Waals surface area contributed by atoms with E-state index in [2.05, 4.69) is 14.9 Å². The molecule has 1 amide bonds. The summed E-state index contributed by atoms with van der Waals surface area (Å²) < 4.78 is 27.2. The van der Waals surface area contributed by atoms with E-state index < -0.39 is 42.9 Å². The van der Waals surface area contributed by atoms with E-state index in [4.69, 9.17) is 33.6 Å². The number of oxime groups is 1. The number of aromatic amines is 1. The summed E-state index contributed by atoms with van der Waals surface area (Å²) in [7, 11) is -4.34. The molecule has 1 heterocycles. The lowest BCUT2D eigenvalue weighted by atomic mass is 9.99. The molecule has 16 heteroatoms. The predicted octanol–water partition coefficient (Wildman–Crippen LogP) is -0.0236. The number of benzene rings is 1. The number of nitro groups is 1. The molecule has 0 saturated heterocycles. The van der Waals surface area contributed by atoms with Gasteiger partial charge in [0.1, 0.15) is 17.3 Å². The summed E-state index contributed by atoms with van der Waals surface area (Å²) in [6.07, 6.45) is 0.185. The van der Waals surface area contributed by atoms with Gasteiger partial charge in [0, 0.05) is 17.7 Å². The normalized spacial score (nSPS) is 11.9. The SMILES string of the molecule is NC(=O)C(CCON=C(N)N)Cc1ccc(NS(=O)(=O)c2ccc(Cl)c([N+](=O)[O-])c2)c(=O)[nH]1. The van der Waals surface area contributed by atoms with E-state index >= 15 is 0 Å². The van der Waals surface area contributed by atoms with Gasteiger partial charge in [-0.2, -0.15) is 0 Å². The Morgan fingerprint density at radius 1 is 1.27 bits per heavy atom. The van der Waals surface area contributed by atoms with Gasteiger partial charge in [0.15, 0.2) is 0 Å². The van der Waals surface area contributed by atoms with Crippen LogP contribution in [0, 0.1) is 16.0 Å². The highest BCUT2D eigenvalue weighted by molar-refractivity contribution is 7.92. The van der Waals surface area contributed by atoms with Crippen molar-refractivity contribution in [3.8, 4) is 0 Å². The number of carbonyl (C=O) groups excluding carboxylic acids is 1. The van der Waals surface area contributed by atoms with Gasteiger partial charge in [0.25, 0.3) is 21.3 Å². The number of nitro benzene ring substituents is 1. The van der Waals surface area contributed by atoms with Crippen LogP contribution in [0.2, 0.25) is 5.02 Å². The van der Waals surface area contributed by atoms with Gasteiger partial charge in [0.2, 0.25) is 11.9 Å². The van der Waals surface area contributed by atoms with Crippen molar-refractivity contribution < 1.29 is 23.0 Å². The van der Waals surface area contributed by atoms with Crippen molar-refractivity contribution in [2.45, 2.75) is 17.7 Å². The number of halogens is 1. The zero-order valence-corrected chi connectivity index (χ0v) is 18.4. The van der Waals surface area contributed by atoms with Crippen molar-refractivity contribution in [2.75, 3.05) is 11.3 Å². The molecule has 1 unspecified atom stereocenters. The molecule has 0 fully saturated rings. The van der Waals surface area contributed by atoms with E-state index in [1.54, 1.807) is 0 Å². The van der Waals surface area contributed by atoms with Gasteiger partial charge in [-0.3, -0.25) is 24.4 Å². The summed E-state index contributed by atoms with van der Waals surface area (Å²) in [5.41, 5.74) is 14.1. The van der Waals surface area contributed by atoms with Crippen LogP contribution in [0.3, 0.4) is 0 Å². The molecule has 2 aromatic rings. The first-order valence-electron chi connectivity index (χ1n) is 9.10. The molecule has 1 aromatic carbocycles. The average Bonchev–Trinajstić information content (AvgIpc) is 2.71. The summed E-state index contributed by atoms with van der Waals surface area (Å²) in [6.45, 7) is -0.0130. The number of hydrogen-bond donors (Lipinski definition) is 5. The molecular formula is C17H20ClN7O7S. The molecule has 14 nitrogen and oxygen atoms in total. The number of amides is 1. The number of H-pyrrole nitrogens is 1. The van der Waals surface area contributed by atoms with Crippen molar-refractivity contribution in [1.82, 2.24) is 4.98 Å². The number of nitrogens with zero attached hydrogens (tertiary/aromatic N) is 2. The van der Waals surface area contributed by atoms with Gasteiger partial charge in [-0.15, -0.1) is 0 Å². The van der Waals surface area contributed by atoms with E-state index in [1.807, 2.05) is 0 Å². The standard InChI is InChI=1S/C17H20ClN7O7S/c18-12-3-2-11(8-14(12)25(28)29)33(30,31)24-13-4-1-10(22-16(13)27)7-9(15(19)26)5-6-32-23-17(20)21/h1-4,8-9,24H,5-7H2,(H2,19,26)(H,22,27)(H4,20,21,23). The van der Waals surface area contributed by atoms with Crippen molar-refractivity contribution in [3.05, 3.63) is 61.5 Å². The topological polar surface area (TPSA) is 239 Å². The van der Waals surface area contributed by atoms with Gasteiger partial charge < -0.3 is 27.0 Å². The first-order valence-corrected chi connectivity index (χ1v) is 11.0. The maximum atomic E-state index is 12.6. The minimum Gasteiger partial charge on any atom is -0.393 e. The number of aromatic nitrogens is 1. The highest BCUT2D eigenvalue weighted by Gasteiger charge is 2.22. The molecule has 0 aliphatic rings. The van der Waals surface area contributed by atoms with E-state index in [-0.39, 0.29) is 36.1 Å². The molecule has 0 saturated carbocycles. The quantitative estimate of drug-likeness (QED) is 0.0911. The Morgan fingerprint density at radius 2 is 1.97 bits per heavy atom. The Labute approximate surface area is 191 Å². The molecule has 0 aliphatic carbocycles. The van der Waals surface area contributed by atoms with Crippen LogP contribution in [-0.4, -0.2) is 36.8 Å². The number of nitrogens with two attached hydrogens (primary N) is 3. The van der Waals surface area contributed by atoms with Crippen molar-refractivity contribution >= 4 is 44.9 Å². The van der Waals surface area contributed by atoms with Crippen LogP contribution in [0.5, 0.6) is 0 Å². The predicted molar refractivity (Wildman–Crippen MR) is 119 cm³/mol. The Hall–Kier alpha value is -3.85. The number of hydrogen-bond acceptors (Lipinski definition) is 8. The van der Waals surface area contributed by atoms with Gasteiger partial charge in [-0.1, -0.05) is 11.6 Å². The monoisotopic (exact) mass is 501 g/mol. The second kappa shape index (κ2) is 10.6. The third-order valence-corrected chi connectivity index (χ3v) is 5.92. The number of nitrogens with one attached hydrogen (secondary N) is 2. The number of pyridine rings is 1. The fraction of sp³-hybridized carbons (Fsp3) is 0.235. The lowest BCUT2D eigenvalue weighted by Gasteiger charge is -2.13. The highest BCUT2D eigenvalue weighted by Crippen LogP contribution is 2.27. The Bertz CT molecular complexity index is 1240. The largest absolute Gasteiger partial charge is 0.393 e. The van der Waals surface area contributed by atoms with Crippen LogP contribution in [0.15, 0.2) is 45.2 Å². The maximum Gasteiger partial charge on any atom is 0.289 e. The lowest BCUT2D eigenvalue weighted by Crippen LogP contribution is -2.28. The van der Waals surface area contributed by atoms with E-state index in [1.165, 1.54) is 12.1 Å². The average molecular weight is 502 g/mol. The zero-order valence-electron chi connectivity index (χ0n) is 16.9. The van der Waals surface area contributed by atoms with E-state index in [9.17, 15) is 28.1 Å². The molecule has 0 spiro atoms. The van der Waals surface area contributed by atoms with Crippen LogP contribution in [0.1, 0.15) is 12.1 Å². The smallest absolute Gasteiger partial charge is 0.289 e. The minimum absolute atomic E-state index is 0.0130. The van der Waals surface area contributed by atoms with Gasteiger partial charge in [0.05, 0.1) is 9.82 Å². The van der Waals surface area contributed by atoms with E-state index in [0.717, 1.165) is 18.2 Å².